The molecule has 4 nitrogen and oxygen atoms in total. The summed E-state index contributed by atoms with van der Waals surface area (Å²) < 4.78 is 5.27. The molecule has 0 bridgehead atoms. The molecule has 0 saturated heterocycles. The van der Waals surface area contributed by atoms with Crippen LogP contribution >= 0.6 is 0 Å². The summed E-state index contributed by atoms with van der Waals surface area (Å²) in [6.07, 6.45) is 6.18. The summed E-state index contributed by atoms with van der Waals surface area (Å²) >= 11 is 0. The summed E-state index contributed by atoms with van der Waals surface area (Å²) in [7, 11) is 1.66. The largest absolute Gasteiger partial charge is 0.515 e. The smallest absolute Gasteiger partial charge is 0.255 e. The van der Waals surface area contributed by atoms with Gasteiger partial charge in [-0.3, -0.25) is 4.79 Å². The summed E-state index contributed by atoms with van der Waals surface area (Å²) in [4.78, 5) is 12.5. The molecule has 2 aromatic carbocycles. The maximum Gasteiger partial charge on any atom is 0.255 e. The number of methoxy groups -OCH3 is 1. The molecule has 1 aliphatic carbocycles. The van der Waals surface area contributed by atoms with Crippen molar-refractivity contribution in [3.63, 3.8) is 0 Å². The second kappa shape index (κ2) is 8.76. The van der Waals surface area contributed by atoms with Crippen molar-refractivity contribution in [3.05, 3.63) is 70.5 Å². The molecule has 0 spiro atoms. The van der Waals surface area contributed by atoms with E-state index < -0.39 is 0 Å². The molecule has 27 heavy (non-hydrogen) atoms. The van der Waals surface area contributed by atoms with E-state index in [0.717, 1.165) is 48.0 Å². The predicted molar refractivity (Wildman–Crippen MR) is 108 cm³/mol. The highest BCUT2D eigenvalue weighted by Crippen LogP contribution is 2.25. The number of amides is 1. The molecule has 0 heterocycles. The first-order valence-electron chi connectivity index (χ1n) is 9.50. The molecule has 142 valence electrons. The molecule has 0 atom stereocenters. The van der Waals surface area contributed by atoms with Gasteiger partial charge in [0.1, 0.15) is 5.75 Å². The maximum absolute atomic E-state index is 12.5. The van der Waals surface area contributed by atoms with E-state index in [0.29, 0.717) is 12.1 Å². The van der Waals surface area contributed by atoms with Crippen LogP contribution in [0.25, 0.3) is 5.57 Å². The Morgan fingerprint density at radius 2 is 1.93 bits per heavy atom. The van der Waals surface area contributed by atoms with Gasteiger partial charge in [0.2, 0.25) is 0 Å². The zero-order valence-corrected chi connectivity index (χ0v) is 16.0. The van der Waals surface area contributed by atoms with Gasteiger partial charge in [-0.15, -0.1) is 0 Å². The van der Waals surface area contributed by atoms with Crippen molar-refractivity contribution in [1.82, 2.24) is 5.32 Å². The van der Waals surface area contributed by atoms with E-state index in [-0.39, 0.29) is 5.91 Å². The zero-order valence-electron chi connectivity index (χ0n) is 16.0. The molecule has 1 amide bonds. The Balaban J connectivity index is 1.61. The van der Waals surface area contributed by atoms with E-state index >= 15 is 0 Å². The maximum atomic E-state index is 12.5. The van der Waals surface area contributed by atoms with Crippen LogP contribution in [-0.2, 0) is 24.1 Å². The average Bonchev–Trinajstić information content (AvgIpc) is 2.68. The lowest BCUT2D eigenvalue weighted by Crippen LogP contribution is -2.26. The van der Waals surface area contributed by atoms with Crippen molar-refractivity contribution in [2.45, 2.75) is 39.0 Å². The molecule has 1 aliphatic rings. The van der Waals surface area contributed by atoms with Gasteiger partial charge in [-0.25, -0.2) is 0 Å². The third-order valence-electron chi connectivity index (χ3n) is 5.19. The first-order valence-corrected chi connectivity index (χ1v) is 9.50. The van der Waals surface area contributed by atoms with E-state index in [4.69, 9.17) is 4.74 Å². The lowest BCUT2D eigenvalue weighted by atomic mass is 9.89. The van der Waals surface area contributed by atoms with Crippen LogP contribution in [0.3, 0.4) is 0 Å². The van der Waals surface area contributed by atoms with Crippen LogP contribution in [-0.4, -0.2) is 24.7 Å². The topological polar surface area (TPSA) is 58.6 Å². The number of carbonyl (C=O) groups excluding carboxylic acids is 1. The molecule has 0 unspecified atom stereocenters. The zero-order chi connectivity index (χ0) is 19.2. The third kappa shape index (κ3) is 4.51. The molecule has 0 radical (unpaired) electrons. The van der Waals surface area contributed by atoms with Gasteiger partial charge in [-0.1, -0.05) is 30.3 Å². The Bertz CT molecular complexity index is 855. The van der Waals surface area contributed by atoms with E-state index in [1.165, 1.54) is 24.0 Å². The number of ether oxygens (including phenoxy) is 1. The first kappa shape index (κ1) is 19.0. The summed E-state index contributed by atoms with van der Waals surface area (Å²) in [5.41, 5.74) is 5.95. The van der Waals surface area contributed by atoms with Gasteiger partial charge >= 0.3 is 0 Å². The number of nitrogens with one attached hydrogen (secondary N) is 1. The molecule has 0 saturated carbocycles. The van der Waals surface area contributed by atoms with Gasteiger partial charge in [0.25, 0.3) is 5.91 Å². The van der Waals surface area contributed by atoms with Crippen LogP contribution in [0.5, 0.6) is 5.75 Å². The summed E-state index contributed by atoms with van der Waals surface area (Å²) in [5, 5.41) is 12.5. The highest BCUT2D eigenvalue weighted by atomic mass is 16.5. The van der Waals surface area contributed by atoms with Gasteiger partial charge in [-0.05, 0) is 72.9 Å². The minimum absolute atomic E-state index is 0.251. The van der Waals surface area contributed by atoms with Crippen LogP contribution in [0.15, 0.2) is 42.7 Å². The number of benzene rings is 2. The second-order valence-corrected chi connectivity index (χ2v) is 7.04. The van der Waals surface area contributed by atoms with Crippen molar-refractivity contribution in [3.8, 4) is 5.75 Å². The summed E-state index contributed by atoms with van der Waals surface area (Å²) in [6.45, 7) is 2.51. The number of aryl methyl sites for hydroxylation is 3. The molecule has 2 aromatic rings. The standard InChI is InChI=1S/C23H27NO3/c1-16-13-17(7-10-22(16)27-2)11-12-24-23(26)21(15-25)20-9-8-18-5-3-4-6-19(18)14-20/h7-10,13-15,25H,3-6,11-12H2,1-2H3,(H,24,26). The highest BCUT2D eigenvalue weighted by Gasteiger charge is 2.15. The van der Waals surface area contributed by atoms with Crippen LogP contribution in [0.1, 0.15) is 40.7 Å². The van der Waals surface area contributed by atoms with E-state index in [1.54, 1.807) is 7.11 Å². The second-order valence-electron chi connectivity index (χ2n) is 7.04. The number of hydrogen-bond donors (Lipinski definition) is 2. The first-order chi connectivity index (χ1) is 13.1. The minimum atomic E-state index is -0.251. The minimum Gasteiger partial charge on any atom is -0.515 e. The fourth-order valence-corrected chi connectivity index (χ4v) is 3.68. The molecular formula is C23H27NO3. The fraction of sp³-hybridized carbons (Fsp3) is 0.348. The molecule has 0 fully saturated rings. The Kier molecular flexibility index (Phi) is 6.17. The average molecular weight is 365 g/mol. The van der Waals surface area contributed by atoms with Gasteiger partial charge in [0, 0.05) is 6.54 Å². The molecule has 2 N–H and O–H groups in total. The van der Waals surface area contributed by atoms with Crippen LogP contribution < -0.4 is 10.1 Å². The monoisotopic (exact) mass is 365 g/mol. The number of aliphatic hydroxyl groups is 1. The molecule has 4 heteroatoms. The number of carbonyl (C=O) groups is 1. The van der Waals surface area contributed by atoms with Crippen LogP contribution in [0.4, 0.5) is 0 Å². The van der Waals surface area contributed by atoms with Gasteiger partial charge in [0.15, 0.2) is 0 Å². The molecular weight excluding hydrogens is 338 g/mol. The normalized spacial score (nSPS) is 13.8. The van der Waals surface area contributed by atoms with Crippen molar-refractivity contribution in [2.75, 3.05) is 13.7 Å². The van der Waals surface area contributed by atoms with Gasteiger partial charge in [-0.2, -0.15) is 0 Å². The van der Waals surface area contributed by atoms with E-state index in [2.05, 4.69) is 17.4 Å². The Labute approximate surface area is 160 Å². The van der Waals surface area contributed by atoms with E-state index in [9.17, 15) is 9.90 Å². The molecule has 3 rings (SSSR count). The number of fused-ring (bicyclic) bond motifs is 1. The van der Waals surface area contributed by atoms with E-state index in [1.807, 2.05) is 31.2 Å². The number of aliphatic hydroxyl groups excluding tert-OH is 1. The van der Waals surface area contributed by atoms with Crippen molar-refractivity contribution in [2.24, 2.45) is 0 Å². The molecule has 0 aliphatic heterocycles. The lowest BCUT2D eigenvalue weighted by Gasteiger charge is -2.17. The summed E-state index contributed by atoms with van der Waals surface area (Å²) in [5.74, 6) is 0.610. The van der Waals surface area contributed by atoms with Crippen molar-refractivity contribution >= 4 is 11.5 Å². The fourth-order valence-electron chi connectivity index (χ4n) is 3.68. The Morgan fingerprint density at radius 3 is 2.63 bits per heavy atom. The van der Waals surface area contributed by atoms with Gasteiger partial charge < -0.3 is 15.2 Å². The SMILES string of the molecule is COc1ccc(CCNC(=O)C(=CO)c2ccc3c(c2)CCCC3)cc1C. The van der Waals surface area contributed by atoms with Crippen molar-refractivity contribution in [1.29, 1.82) is 0 Å². The quantitative estimate of drug-likeness (QED) is 0.597. The van der Waals surface area contributed by atoms with Crippen LogP contribution in [0, 0.1) is 6.92 Å². The number of hydrogen-bond acceptors (Lipinski definition) is 3. The Hall–Kier alpha value is -2.75. The van der Waals surface area contributed by atoms with Gasteiger partial charge in [0.05, 0.1) is 18.9 Å². The predicted octanol–water partition coefficient (Wildman–Crippen LogP) is 4.14. The van der Waals surface area contributed by atoms with Crippen LogP contribution in [0.2, 0.25) is 0 Å². The Morgan fingerprint density at radius 1 is 1.15 bits per heavy atom. The number of rotatable bonds is 6. The molecule has 0 aromatic heterocycles. The lowest BCUT2D eigenvalue weighted by molar-refractivity contribution is -0.115. The third-order valence-corrected chi connectivity index (χ3v) is 5.19. The summed E-state index contributed by atoms with van der Waals surface area (Å²) in [6, 6.07) is 12.1. The highest BCUT2D eigenvalue weighted by molar-refractivity contribution is 6.19. The van der Waals surface area contributed by atoms with Crippen molar-refractivity contribution < 1.29 is 14.6 Å².